The van der Waals surface area contributed by atoms with Crippen LogP contribution in [0.2, 0.25) is 0 Å². The molecule has 0 fully saturated rings. The van der Waals surface area contributed by atoms with Gasteiger partial charge >= 0.3 is 0 Å². The Bertz CT molecular complexity index is 506. The van der Waals surface area contributed by atoms with Crippen LogP contribution in [0.5, 0.6) is 11.5 Å². The van der Waals surface area contributed by atoms with Gasteiger partial charge in [-0.05, 0) is 41.8 Å². The second-order valence-corrected chi connectivity index (χ2v) is 4.26. The maximum absolute atomic E-state index is 8.92. The fraction of sp³-hybridized carbons (Fsp3) is 0.250. The molecular weight excluding hydrogens is 240 g/mol. The molecule has 0 unspecified atom stereocenters. The summed E-state index contributed by atoms with van der Waals surface area (Å²) in [7, 11) is 1.65. The molecule has 0 amide bonds. The van der Waals surface area contributed by atoms with Crippen molar-refractivity contribution in [1.29, 1.82) is 0 Å². The van der Waals surface area contributed by atoms with Crippen LogP contribution < -0.4 is 9.47 Å². The molecule has 0 heterocycles. The van der Waals surface area contributed by atoms with Gasteiger partial charge in [0.15, 0.2) is 0 Å². The number of aliphatic hydroxyl groups is 1. The van der Waals surface area contributed by atoms with Gasteiger partial charge in [-0.2, -0.15) is 0 Å². The lowest BCUT2D eigenvalue weighted by Crippen LogP contribution is -1.97. The Morgan fingerprint density at radius 1 is 0.947 bits per heavy atom. The Balaban J connectivity index is 1.95. The lowest BCUT2D eigenvalue weighted by Gasteiger charge is -2.08. The van der Waals surface area contributed by atoms with Gasteiger partial charge in [-0.3, -0.25) is 0 Å². The zero-order valence-corrected chi connectivity index (χ0v) is 11.0. The van der Waals surface area contributed by atoms with Crippen LogP contribution in [0.3, 0.4) is 0 Å². The number of benzene rings is 2. The minimum atomic E-state index is 0.155. The molecular formula is C16H18O3. The van der Waals surface area contributed by atoms with E-state index in [0.29, 0.717) is 13.0 Å². The zero-order chi connectivity index (χ0) is 13.5. The highest BCUT2D eigenvalue weighted by atomic mass is 16.5. The van der Waals surface area contributed by atoms with Crippen LogP contribution in [-0.4, -0.2) is 18.8 Å². The molecule has 3 heteroatoms. The third-order valence-electron chi connectivity index (χ3n) is 2.86. The van der Waals surface area contributed by atoms with Gasteiger partial charge in [0, 0.05) is 6.61 Å². The minimum absolute atomic E-state index is 0.155. The van der Waals surface area contributed by atoms with Crippen molar-refractivity contribution in [2.24, 2.45) is 0 Å². The average Bonchev–Trinajstić information content (AvgIpc) is 2.46. The SMILES string of the molecule is COc1ccc(COc2cccc(CCO)c2)cc1. The van der Waals surface area contributed by atoms with Gasteiger partial charge < -0.3 is 14.6 Å². The predicted octanol–water partition coefficient (Wildman–Crippen LogP) is 2.81. The van der Waals surface area contributed by atoms with E-state index in [0.717, 1.165) is 22.6 Å². The van der Waals surface area contributed by atoms with E-state index in [1.54, 1.807) is 7.11 Å². The molecule has 100 valence electrons. The third kappa shape index (κ3) is 4.00. The molecule has 0 aliphatic carbocycles. The highest BCUT2D eigenvalue weighted by Crippen LogP contribution is 2.17. The molecule has 2 aromatic rings. The number of methoxy groups -OCH3 is 1. The molecule has 0 saturated carbocycles. The van der Waals surface area contributed by atoms with Crippen molar-refractivity contribution in [2.45, 2.75) is 13.0 Å². The van der Waals surface area contributed by atoms with Crippen LogP contribution in [-0.2, 0) is 13.0 Å². The summed E-state index contributed by atoms with van der Waals surface area (Å²) in [4.78, 5) is 0. The predicted molar refractivity (Wildman–Crippen MR) is 74.6 cm³/mol. The van der Waals surface area contributed by atoms with E-state index in [9.17, 15) is 0 Å². The maximum atomic E-state index is 8.92. The van der Waals surface area contributed by atoms with Crippen molar-refractivity contribution in [3.05, 3.63) is 59.7 Å². The summed E-state index contributed by atoms with van der Waals surface area (Å²) in [6, 6.07) is 15.6. The first-order valence-corrected chi connectivity index (χ1v) is 6.27. The van der Waals surface area contributed by atoms with Crippen LogP contribution in [0, 0.1) is 0 Å². The summed E-state index contributed by atoms with van der Waals surface area (Å²) in [5.41, 5.74) is 2.17. The molecule has 2 rings (SSSR count). The van der Waals surface area contributed by atoms with E-state index in [2.05, 4.69) is 0 Å². The van der Waals surface area contributed by atoms with Crippen molar-refractivity contribution in [3.63, 3.8) is 0 Å². The monoisotopic (exact) mass is 258 g/mol. The van der Waals surface area contributed by atoms with E-state index in [-0.39, 0.29) is 6.61 Å². The largest absolute Gasteiger partial charge is 0.497 e. The third-order valence-corrected chi connectivity index (χ3v) is 2.86. The van der Waals surface area contributed by atoms with Crippen LogP contribution in [0.1, 0.15) is 11.1 Å². The molecule has 1 N–H and O–H groups in total. The lowest BCUT2D eigenvalue weighted by molar-refractivity contribution is 0.296. The molecule has 3 nitrogen and oxygen atoms in total. The van der Waals surface area contributed by atoms with E-state index in [1.807, 2.05) is 48.5 Å². The van der Waals surface area contributed by atoms with Gasteiger partial charge in [0.05, 0.1) is 7.11 Å². The standard InChI is InChI=1S/C16H18O3/c1-18-15-7-5-14(6-8-15)12-19-16-4-2-3-13(11-16)9-10-17/h2-8,11,17H,9-10,12H2,1H3. The number of ether oxygens (including phenoxy) is 2. The summed E-state index contributed by atoms with van der Waals surface area (Å²) in [5.74, 6) is 1.66. The Labute approximate surface area is 113 Å². The lowest BCUT2D eigenvalue weighted by atomic mass is 10.1. The molecule has 0 aliphatic rings. The molecule has 0 spiro atoms. The van der Waals surface area contributed by atoms with Crippen LogP contribution in [0.4, 0.5) is 0 Å². The summed E-state index contributed by atoms with van der Waals surface area (Å²) < 4.78 is 10.8. The molecule has 0 radical (unpaired) electrons. The maximum Gasteiger partial charge on any atom is 0.120 e. The normalized spacial score (nSPS) is 10.2. The molecule has 0 bridgehead atoms. The van der Waals surface area contributed by atoms with Crippen LogP contribution in [0.25, 0.3) is 0 Å². The van der Waals surface area contributed by atoms with Crippen molar-refractivity contribution >= 4 is 0 Å². The van der Waals surface area contributed by atoms with Gasteiger partial charge in [0.25, 0.3) is 0 Å². The van der Waals surface area contributed by atoms with Crippen LogP contribution in [0.15, 0.2) is 48.5 Å². The van der Waals surface area contributed by atoms with Gasteiger partial charge in [-0.15, -0.1) is 0 Å². The number of hydrogen-bond acceptors (Lipinski definition) is 3. The van der Waals surface area contributed by atoms with E-state index < -0.39 is 0 Å². The molecule has 19 heavy (non-hydrogen) atoms. The number of aliphatic hydroxyl groups excluding tert-OH is 1. The van der Waals surface area contributed by atoms with Crippen LogP contribution >= 0.6 is 0 Å². The Kier molecular flexibility index (Phi) is 4.81. The van der Waals surface area contributed by atoms with Crippen molar-refractivity contribution in [2.75, 3.05) is 13.7 Å². The summed E-state index contributed by atoms with van der Waals surface area (Å²) >= 11 is 0. The van der Waals surface area contributed by atoms with E-state index >= 15 is 0 Å². The van der Waals surface area contributed by atoms with Crippen molar-refractivity contribution in [1.82, 2.24) is 0 Å². The summed E-state index contributed by atoms with van der Waals surface area (Å²) in [6.07, 6.45) is 0.653. The quantitative estimate of drug-likeness (QED) is 0.866. The molecule has 2 aromatic carbocycles. The summed E-state index contributed by atoms with van der Waals surface area (Å²) in [6.45, 7) is 0.675. The number of rotatable bonds is 6. The van der Waals surface area contributed by atoms with Gasteiger partial charge in [-0.1, -0.05) is 24.3 Å². The molecule has 0 atom stereocenters. The number of hydrogen-bond donors (Lipinski definition) is 1. The highest BCUT2D eigenvalue weighted by molar-refractivity contribution is 5.30. The fourth-order valence-electron chi connectivity index (χ4n) is 1.81. The second kappa shape index (κ2) is 6.81. The Morgan fingerprint density at radius 2 is 1.74 bits per heavy atom. The highest BCUT2D eigenvalue weighted by Gasteiger charge is 1.99. The average molecular weight is 258 g/mol. The van der Waals surface area contributed by atoms with E-state index in [1.165, 1.54) is 0 Å². The first kappa shape index (κ1) is 13.4. The topological polar surface area (TPSA) is 38.7 Å². The Hall–Kier alpha value is -2.00. The van der Waals surface area contributed by atoms with Gasteiger partial charge in [0.2, 0.25) is 0 Å². The second-order valence-electron chi connectivity index (χ2n) is 4.26. The fourth-order valence-corrected chi connectivity index (χ4v) is 1.81. The molecule has 0 saturated heterocycles. The van der Waals surface area contributed by atoms with Gasteiger partial charge in [0.1, 0.15) is 18.1 Å². The smallest absolute Gasteiger partial charge is 0.120 e. The van der Waals surface area contributed by atoms with Crippen molar-refractivity contribution < 1.29 is 14.6 Å². The Morgan fingerprint density at radius 3 is 2.42 bits per heavy atom. The molecule has 0 aliphatic heterocycles. The first-order chi connectivity index (χ1) is 9.31. The zero-order valence-electron chi connectivity index (χ0n) is 11.0. The van der Waals surface area contributed by atoms with E-state index in [4.69, 9.17) is 14.6 Å². The summed E-state index contributed by atoms with van der Waals surface area (Å²) in [5, 5.41) is 8.92. The van der Waals surface area contributed by atoms with Crippen molar-refractivity contribution in [3.8, 4) is 11.5 Å². The van der Waals surface area contributed by atoms with Gasteiger partial charge in [-0.25, -0.2) is 0 Å². The minimum Gasteiger partial charge on any atom is -0.497 e. The molecule has 0 aromatic heterocycles. The first-order valence-electron chi connectivity index (χ1n) is 6.27.